The van der Waals surface area contributed by atoms with Gasteiger partial charge in [0.15, 0.2) is 0 Å². The van der Waals surface area contributed by atoms with Crippen LogP contribution in [0.15, 0.2) is 27.8 Å². The summed E-state index contributed by atoms with van der Waals surface area (Å²) in [5.74, 6) is 0.669. The van der Waals surface area contributed by atoms with E-state index in [0.29, 0.717) is 12.4 Å². The molecule has 1 aliphatic rings. The molecule has 0 aliphatic carbocycles. The number of nitrogens with zero attached hydrogens (tertiary/aromatic N) is 5. The van der Waals surface area contributed by atoms with Gasteiger partial charge >= 0.3 is 5.69 Å². The van der Waals surface area contributed by atoms with E-state index in [2.05, 4.69) is 20.4 Å². The highest BCUT2D eigenvalue weighted by Gasteiger charge is 2.24. The normalized spacial score (nSPS) is 17.5. The topological polar surface area (TPSA) is 85.0 Å². The Hall–Kier alpha value is -2.48. The van der Waals surface area contributed by atoms with Crippen molar-refractivity contribution in [3.05, 3.63) is 50.4 Å². The van der Waals surface area contributed by atoms with Crippen LogP contribution in [0.25, 0.3) is 0 Å². The fourth-order valence-electron chi connectivity index (χ4n) is 2.93. The molecule has 0 spiro atoms. The first-order chi connectivity index (χ1) is 11.5. The molecule has 1 N–H and O–H groups in total. The molecule has 0 saturated carbocycles. The maximum absolute atomic E-state index is 12.1. The van der Waals surface area contributed by atoms with Crippen LogP contribution >= 0.6 is 0 Å². The van der Waals surface area contributed by atoms with Gasteiger partial charge in [-0.05, 0) is 25.5 Å². The van der Waals surface area contributed by atoms with E-state index >= 15 is 0 Å². The Kier molecular flexibility index (Phi) is 4.48. The average molecular weight is 330 g/mol. The molecule has 1 saturated heterocycles. The van der Waals surface area contributed by atoms with Crippen molar-refractivity contribution >= 4 is 5.82 Å². The number of hydrogen-bond acceptors (Lipinski definition) is 6. The third-order valence-corrected chi connectivity index (χ3v) is 4.44. The lowest BCUT2D eigenvalue weighted by Gasteiger charge is -2.21. The van der Waals surface area contributed by atoms with Crippen LogP contribution in [0.5, 0.6) is 0 Å². The van der Waals surface area contributed by atoms with Gasteiger partial charge in [0.2, 0.25) is 0 Å². The maximum atomic E-state index is 12.1. The van der Waals surface area contributed by atoms with Gasteiger partial charge in [0.1, 0.15) is 5.82 Å². The van der Waals surface area contributed by atoms with Crippen LogP contribution in [0.3, 0.4) is 0 Å². The Morgan fingerprint density at radius 1 is 1.21 bits per heavy atom. The molecule has 0 bridgehead atoms. The zero-order chi connectivity index (χ0) is 17.3. The lowest BCUT2D eigenvalue weighted by molar-refractivity contribution is 0.541. The molecule has 2 aromatic heterocycles. The number of rotatable bonds is 4. The van der Waals surface area contributed by atoms with Gasteiger partial charge in [-0.1, -0.05) is 0 Å². The van der Waals surface area contributed by atoms with Crippen LogP contribution < -0.4 is 21.5 Å². The van der Waals surface area contributed by atoms with Gasteiger partial charge in [-0.3, -0.25) is 13.9 Å². The van der Waals surface area contributed by atoms with Crippen LogP contribution in [0.4, 0.5) is 5.82 Å². The van der Waals surface area contributed by atoms with Crippen LogP contribution in [0.2, 0.25) is 0 Å². The van der Waals surface area contributed by atoms with Gasteiger partial charge in [0.25, 0.3) is 5.56 Å². The molecule has 24 heavy (non-hydrogen) atoms. The van der Waals surface area contributed by atoms with E-state index in [0.717, 1.165) is 35.5 Å². The fourth-order valence-corrected chi connectivity index (χ4v) is 2.93. The van der Waals surface area contributed by atoms with E-state index in [1.165, 1.54) is 17.7 Å². The molecule has 8 nitrogen and oxygen atoms in total. The first-order valence-electron chi connectivity index (χ1n) is 8.00. The quantitative estimate of drug-likeness (QED) is 0.817. The molecule has 3 heterocycles. The highest BCUT2D eigenvalue weighted by molar-refractivity contribution is 5.40. The number of nitrogens with one attached hydrogen (secondary N) is 1. The number of aryl methyl sites for hydroxylation is 1. The van der Waals surface area contributed by atoms with Crippen molar-refractivity contribution in [1.29, 1.82) is 0 Å². The second kappa shape index (κ2) is 6.56. The molecule has 0 amide bonds. The second-order valence-electron chi connectivity index (χ2n) is 6.22. The summed E-state index contributed by atoms with van der Waals surface area (Å²) in [5, 5.41) is 11.7. The van der Waals surface area contributed by atoms with Gasteiger partial charge in [-0.25, -0.2) is 4.79 Å². The summed E-state index contributed by atoms with van der Waals surface area (Å²) in [6.07, 6.45) is 0.947. The third kappa shape index (κ3) is 3.23. The van der Waals surface area contributed by atoms with Gasteiger partial charge in [-0.2, -0.15) is 10.2 Å². The standard InChI is InChI=1S/C16H22N6O2/c1-11-4-5-12(19-18-11)9-17-13-6-7-22(10-13)14-8-15(23)21(3)16(24)20(14)2/h4-5,8,13,17H,6-7,9-10H2,1-3H3/t13-/m0/s1. The Morgan fingerprint density at radius 2 is 2.00 bits per heavy atom. The fraction of sp³-hybridized carbons (Fsp3) is 0.500. The predicted octanol–water partition coefficient (Wildman–Crippen LogP) is -0.449. The summed E-state index contributed by atoms with van der Waals surface area (Å²) in [5.41, 5.74) is 1.22. The van der Waals surface area contributed by atoms with Crippen LogP contribution in [0.1, 0.15) is 17.8 Å². The third-order valence-electron chi connectivity index (χ3n) is 4.44. The Labute approximate surface area is 139 Å². The monoisotopic (exact) mass is 330 g/mol. The first kappa shape index (κ1) is 16.4. The largest absolute Gasteiger partial charge is 0.356 e. The Morgan fingerprint density at radius 3 is 2.71 bits per heavy atom. The summed E-state index contributed by atoms with van der Waals surface area (Å²) >= 11 is 0. The highest BCUT2D eigenvalue weighted by Crippen LogP contribution is 2.17. The van der Waals surface area contributed by atoms with Crippen molar-refractivity contribution in [2.24, 2.45) is 14.1 Å². The molecular weight excluding hydrogens is 308 g/mol. The minimum absolute atomic E-state index is 0.278. The molecule has 3 rings (SSSR count). The van der Waals surface area contributed by atoms with Crippen LogP contribution in [0, 0.1) is 6.92 Å². The predicted molar refractivity (Wildman–Crippen MR) is 91.2 cm³/mol. The van der Waals surface area contributed by atoms with E-state index < -0.39 is 0 Å². The van der Waals surface area contributed by atoms with Gasteiger partial charge in [0.05, 0.1) is 11.4 Å². The minimum Gasteiger partial charge on any atom is -0.356 e. The van der Waals surface area contributed by atoms with Crippen molar-refractivity contribution in [3.8, 4) is 0 Å². The van der Waals surface area contributed by atoms with E-state index in [1.54, 1.807) is 7.05 Å². The van der Waals surface area contributed by atoms with Gasteiger partial charge < -0.3 is 10.2 Å². The molecule has 0 aromatic carbocycles. The minimum atomic E-state index is -0.302. The Balaban J connectivity index is 1.66. The molecule has 8 heteroatoms. The van der Waals surface area contributed by atoms with Crippen LogP contribution in [-0.4, -0.2) is 38.5 Å². The molecule has 1 fully saturated rings. The number of hydrogen-bond donors (Lipinski definition) is 1. The smallest absolute Gasteiger partial charge is 0.332 e. The SMILES string of the molecule is Cc1ccc(CN[C@H]2CCN(c3cc(=O)n(C)c(=O)n3C)C2)nn1. The van der Waals surface area contributed by atoms with E-state index in [4.69, 9.17) is 0 Å². The number of anilines is 1. The Bertz CT molecular complexity index is 839. The first-order valence-corrected chi connectivity index (χ1v) is 8.00. The van der Waals surface area contributed by atoms with Gasteiger partial charge in [0, 0.05) is 45.8 Å². The molecule has 128 valence electrons. The maximum Gasteiger partial charge on any atom is 0.332 e. The van der Waals surface area contributed by atoms with Crippen LogP contribution in [-0.2, 0) is 20.6 Å². The molecular formula is C16H22N6O2. The van der Waals surface area contributed by atoms with Crippen molar-refractivity contribution < 1.29 is 0 Å². The molecule has 0 unspecified atom stereocenters. The van der Waals surface area contributed by atoms with Crippen molar-refractivity contribution in [2.75, 3.05) is 18.0 Å². The van der Waals surface area contributed by atoms with Crippen molar-refractivity contribution in [3.63, 3.8) is 0 Å². The second-order valence-corrected chi connectivity index (χ2v) is 6.22. The molecule has 2 aromatic rings. The lowest BCUT2D eigenvalue weighted by atomic mass is 10.2. The summed E-state index contributed by atoms with van der Waals surface area (Å²) in [7, 11) is 3.19. The zero-order valence-corrected chi connectivity index (χ0v) is 14.2. The van der Waals surface area contributed by atoms with E-state index in [9.17, 15) is 9.59 Å². The van der Waals surface area contributed by atoms with E-state index in [1.807, 2.05) is 19.1 Å². The molecule has 1 atom stereocenters. The summed E-state index contributed by atoms with van der Waals surface area (Å²) < 4.78 is 2.64. The molecule has 0 radical (unpaired) electrons. The van der Waals surface area contributed by atoms with Crippen molar-refractivity contribution in [2.45, 2.75) is 25.9 Å². The van der Waals surface area contributed by atoms with E-state index in [-0.39, 0.29) is 17.3 Å². The lowest BCUT2D eigenvalue weighted by Crippen LogP contribution is -2.40. The summed E-state index contributed by atoms with van der Waals surface area (Å²) in [6, 6.07) is 5.72. The summed E-state index contributed by atoms with van der Waals surface area (Å²) in [6.45, 7) is 4.12. The average Bonchev–Trinajstić information content (AvgIpc) is 3.04. The summed E-state index contributed by atoms with van der Waals surface area (Å²) in [4.78, 5) is 26.0. The van der Waals surface area contributed by atoms with Gasteiger partial charge in [-0.15, -0.1) is 0 Å². The highest BCUT2D eigenvalue weighted by atomic mass is 16.2. The molecule has 1 aliphatic heterocycles. The zero-order valence-electron chi connectivity index (χ0n) is 14.2. The number of aromatic nitrogens is 4. The van der Waals surface area contributed by atoms with Crippen molar-refractivity contribution in [1.82, 2.24) is 24.6 Å².